The second kappa shape index (κ2) is 6.96. The van der Waals surface area contributed by atoms with Crippen molar-refractivity contribution in [3.05, 3.63) is 60.2 Å². The van der Waals surface area contributed by atoms with Crippen molar-refractivity contribution in [1.82, 2.24) is 0 Å². The summed E-state index contributed by atoms with van der Waals surface area (Å²) in [7, 11) is 0. The number of carboxylic acids is 1. The van der Waals surface area contributed by atoms with Gasteiger partial charge in [0.2, 0.25) is 0 Å². The third-order valence-corrected chi connectivity index (χ3v) is 3.33. The highest BCUT2D eigenvalue weighted by Gasteiger charge is 2.28. The Morgan fingerprint density at radius 2 is 1.65 bits per heavy atom. The molecule has 0 radical (unpaired) electrons. The van der Waals surface area contributed by atoms with E-state index in [-0.39, 0.29) is 12.5 Å². The predicted octanol–water partition coefficient (Wildman–Crippen LogP) is 3.43. The van der Waals surface area contributed by atoms with E-state index < -0.39 is 11.4 Å². The SMILES string of the molecule is CC(C)(COc1ccccc1C(=O)Nc1ccccc1)C(=O)O. The molecule has 0 aliphatic carbocycles. The highest BCUT2D eigenvalue weighted by molar-refractivity contribution is 6.06. The summed E-state index contributed by atoms with van der Waals surface area (Å²) in [6, 6.07) is 15.8. The van der Waals surface area contributed by atoms with Gasteiger partial charge >= 0.3 is 5.97 Å². The van der Waals surface area contributed by atoms with Crippen molar-refractivity contribution in [3.8, 4) is 5.75 Å². The zero-order valence-corrected chi connectivity index (χ0v) is 13.1. The zero-order valence-electron chi connectivity index (χ0n) is 13.1. The maximum atomic E-state index is 12.4. The first-order chi connectivity index (χ1) is 10.9. The fourth-order valence-corrected chi connectivity index (χ4v) is 1.82. The van der Waals surface area contributed by atoms with Crippen molar-refractivity contribution in [1.29, 1.82) is 0 Å². The van der Waals surface area contributed by atoms with Crippen LogP contribution in [0.4, 0.5) is 5.69 Å². The summed E-state index contributed by atoms with van der Waals surface area (Å²) in [5.74, 6) is -0.904. The van der Waals surface area contributed by atoms with Crippen LogP contribution in [-0.4, -0.2) is 23.6 Å². The summed E-state index contributed by atoms with van der Waals surface area (Å²) in [6.45, 7) is 3.11. The van der Waals surface area contributed by atoms with E-state index in [4.69, 9.17) is 9.84 Å². The minimum absolute atomic E-state index is 0.0298. The molecule has 0 aliphatic heterocycles. The van der Waals surface area contributed by atoms with Gasteiger partial charge < -0.3 is 15.2 Å². The van der Waals surface area contributed by atoms with Crippen molar-refractivity contribution >= 4 is 17.6 Å². The molecule has 0 saturated carbocycles. The number of aliphatic carboxylic acids is 1. The number of hydrogen-bond acceptors (Lipinski definition) is 3. The van der Waals surface area contributed by atoms with Crippen LogP contribution in [0.3, 0.4) is 0 Å². The molecule has 2 rings (SSSR count). The number of anilines is 1. The Hall–Kier alpha value is -2.82. The van der Waals surface area contributed by atoms with E-state index in [1.165, 1.54) is 0 Å². The first-order valence-corrected chi connectivity index (χ1v) is 7.22. The molecule has 5 heteroatoms. The molecular weight excluding hydrogens is 294 g/mol. The third kappa shape index (κ3) is 4.32. The standard InChI is InChI=1S/C18H19NO4/c1-18(2,17(21)22)12-23-15-11-7-6-10-14(15)16(20)19-13-8-4-3-5-9-13/h3-11H,12H2,1-2H3,(H,19,20)(H,21,22). The quantitative estimate of drug-likeness (QED) is 0.856. The largest absolute Gasteiger partial charge is 0.492 e. The van der Waals surface area contributed by atoms with Crippen molar-refractivity contribution < 1.29 is 19.4 Å². The first-order valence-electron chi connectivity index (χ1n) is 7.22. The van der Waals surface area contributed by atoms with Gasteiger partial charge in [0, 0.05) is 5.69 Å². The highest BCUT2D eigenvalue weighted by Crippen LogP contribution is 2.23. The van der Waals surface area contributed by atoms with Crippen molar-refractivity contribution in [2.45, 2.75) is 13.8 Å². The predicted molar refractivity (Wildman–Crippen MR) is 87.7 cm³/mol. The smallest absolute Gasteiger partial charge is 0.312 e. The number of para-hydroxylation sites is 2. The van der Waals surface area contributed by atoms with E-state index in [1.54, 1.807) is 50.2 Å². The van der Waals surface area contributed by atoms with Crippen LogP contribution >= 0.6 is 0 Å². The van der Waals surface area contributed by atoms with Crippen molar-refractivity contribution in [3.63, 3.8) is 0 Å². The number of hydrogen-bond donors (Lipinski definition) is 2. The molecule has 0 bridgehead atoms. The number of amides is 1. The summed E-state index contributed by atoms with van der Waals surface area (Å²) < 4.78 is 5.58. The van der Waals surface area contributed by atoms with E-state index in [2.05, 4.69) is 5.32 Å². The number of carbonyl (C=O) groups excluding carboxylic acids is 1. The van der Waals surface area contributed by atoms with Gasteiger partial charge in [0.15, 0.2) is 0 Å². The summed E-state index contributed by atoms with van der Waals surface area (Å²) in [4.78, 5) is 23.5. The van der Waals surface area contributed by atoms with Crippen LogP contribution in [0.2, 0.25) is 0 Å². The van der Waals surface area contributed by atoms with E-state index in [1.807, 2.05) is 18.2 Å². The van der Waals surface area contributed by atoms with Crippen LogP contribution < -0.4 is 10.1 Å². The van der Waals surface area contributed by atoms with Crippen molar-refractivity contribution in [2.24, 2.45) is 5.41 Å². The number of ether oxygens (including phenoxy) is 1. The Labute approximate surface area is 134 Å². The molecular formula is C18H19NO4. The van der Waals surface area contributed by atoms with E-state index in [0.717, 1.165) is 0 Å². The summed E-state index contributed by atoms with van der Waals surface area (Å²) in [5, 5.41) is 11.9. The average Bonchev–Trinajstić information content (AvgIpc) is 2.54. The Kier molecular flexibility index (Phi) is 5.01. The molecule has 2 aromatic rings. The second-order valence-corrected chi connectivity index (χ2v) is 5.79. The van der Waals surface area contributed by atoms with Crippen LogP contribution in [-0.2, 0) is 4.79 Å². The fourth-order valence-electron chi connectivity index (χ4n) is 1.82. The number of nitrogens with one attached hydrogen (secondary N) is 1. The summed E-state index contributed by atoms with van der Waals surface area (Å²) in [6.07, 6.45) is 0. The molecule has 1 amide bonds. The van der Waals surface area contributed by atoms with Crippen LogP contribution in [0, 0.1) is 5.41 Å². The maximum Gasteiger partial charge on any atom is 0.312 e. The molecule has 0 spiro atoms. The normalized spacial score (nSPS) is 10.9. The van der Waals surface area contributed by atoms with Gasteiger partial charge in [-0.3, -0.25) is 9.59 Å². The zero-order chi connectivity index (χ0) is 16.9. The maximum absolute atomic E-state index is 12.4. The Balaban J connectivity index is 2.14. The number of carboxylic acid groups (broad SMARTS) is 1. The molecule has 0 heterocycles. The minimum atomic E-state index is -1.04. The van der Waals surface area contributed by atoms with Gasteiger partial charge in [-0.2, -0.15) is 0 Å². The Bertz CT molecular complexity index is 695. The molecule has 0 aromatic heterocycles. The first kappa shape index (κ1) is 16.5. The molecule has 0 unspecified atom stereocenters. The van der Waals surface area contributed by atoms with Crippen molar-refractivity contribution in [2.75, 3.05) is 11.9 Å². The van der Waals surface area contributed by atoms with Crippen LogP contribution in [0.1, 0.15) is 24.2 Å². The number of benzene rings is 2. The van der Waals surface area contributed by atoms with Crippen LogP contribution in [0.5, 0.6) is 5.75 Å². The molecule has 0 aliphatic rings. The monoisotopic (exact) mass is 313 g/mol. The molecule has 0 atom stereocenters. The molecule has 23 heavy (non-hydrogen) atoms. The lowest BCUT2D eigenvalue weighted by molar-refractivity contribution is -0.148. The van der Waals surface area contributed by atoms with Gasteiger partial charge in [-0.05, 0) is 38.1 Å². The Morgan fingerprint density at radius 1 is 1.04 bits per heavy atom. The van der Waals surface area contributed by atoms with Gasteiger partial charge in [-0.25, -0.2) is 0 Å². The molecule has 0 saturated heterocycles. The third-order valence-electron chi connectivity index (χ3n) is 3.33. The molecule has 120 valence electrons. The number of carbonyl (C=O) groups is 2. The van der Waals surface area contributed by atoms with E-state index in [9.17, 15) is 9.59 Å². The highest BCUT2D eigenvalue weighted by atomic mass is 16.5. The lowest BCUT2D eigenvalue weighted by Gasteiger charge is -2.20. The Morgan fingerprint density at radius 3 is 2.30 bits per heavy atom. The van der Waals surface area contributed by atoms with Gasteiger partial charge in [0.25, 0.3) is 5.91 Å². The van der Waals surface area contributed by atoms with Gasteiger partial charge in [0.1, 0.15) is 12.4 Å². The summed E-state index contributed by atoms with van der Waals surface area (Å²) >= 11 is 0. The molecule has 0 fully saturated rings. The molecule has 5 nitrogen and oxygen atoms in total. The van der Waals surface area contributed by atoms with Crippen LogP contribution in [0.15, 0.2) is 54.6 Å². The van der Waals surface area contributed by atoms with Crippen LogP contribution in [0.25, 0.3) is 0 Å². The van der Waals surface area contributed by atoms with Gasteiger partial charge in [0.05, 0.1) is 11.0 Å². The average molecular weight is 313 g/mol. The number of rotatable bonds is 6. The lowest BCUT2D eigenvalue weighted by atomic mass is 9.95. The van der Waals surface area contributed by atoms with Gasteiger partial charge in [-0.1, -0.05) is 30.3 Å². The van der Waals surface area contributed by atoms with E-state index >= 15 is 0 Å². The summed E-state index contributed by atoms with van der Waals surface area (Å²) in [5.41, 5.74) is -0.000978. The van der Waals surface area contributed by atoms with Gasteiger partial charge in [-0.15, -0.1) is 0 Å². The lowest BCUT2D eigenvalue weighted by Crippen LogP contribution is -2.31. The second-order valence-electron chi connectivity index (χ2n) is 5.79. The fraction of sp³-hybridized carbons (Fsp3) is 0.222. The van der Waals surface area contributed by atoms with E-state index in [0.29, 0.717) is 17.0 Å². The topological polar surface area (TPSA) is 75.6 Å². The minimum Gasteiger partial charge on any atom is -0.492 e. The molecule has 2 N–H and O–H groups in total. The molecule has 2 aromatic carbocycles.